The van der Waals surface area contributed by atoms with Gasteiger partial charge < -0.3 is 15.3 Å². The van der Waals surface area contributed by atoms with E-state index in [1.165, 1.54) is 11.9 Å². The van der Waals surface area contributed by atoms with Gasteiger partial charge in [-0.25, -0.2) is 9.59 Å². The Labute approximate surface area is 115 Å². The van der Waals surface area contributed by atoms with Crippen molar-refractivity contribution in [3.8, 4) is 0 Å². The van der Waals surface area contributed by atoms with Crippen LogP contribution in [-0.4, -0.2) is 42.6 Å². The van der Waals surface area contributed by atoms with Crippen molar-refractivity contribution in [2.45, 2.75) is 12.5 Å². The normalized spacial score (nSPS) is 16.4. The van der Waals surface area contributed by atoms with E-state index in [9.17, 15) is 19.5 Å². The van der Waals surface area contributed by atoms with Gasteiger partial charge in [-0.05, 0) is 11.6 Å². The van der Waals surface area contributed by atoms with Crippen molar-refractivity contribution >= 4 is 23.6 Å². The van der Waals surface area contributed by atoms with Crippen LogP contribution in [0.15, 0.2) is 24.3 Å². The molecule has 1 heterocycles. The van der Waals surface area contributed by atoms with Crippen molar-refractivity contribution in [3.63, 3.8) is 0 Å². The molecule has 0 fully saturated rings. The lowest BCUT2D eigenvalue weighted by molar-refractivity contribution is -0.138. The number of fused-ring (bicyclic) bond motifs is 1. The molecule has 0 aliphatic carbocycles. The number of imide groups is 1. The fraction of sp³-hybridized carbons (Fsp3) is 0.308. The largest absolute Gasteiger partial charge is 0.480 e. The maximum absolute atomic E-state index is 11.7. The van der Waals surface area contributed by atoms with Crippen LogP contribution in [-0.2, 0) is 16.0 Å². The Morgan fingerprint density at radius 2 is 2.05 bits per heavy atom. The Morgan fingerprint density at radius 1 is 1.35 bits per heavy atom. The van der Waals surface area contributed by atoms with Crippen molar-refractivity contribution in [1.82, 2.24) is 10.6 Å². The molecule has 20 heavy (non-hydrogen) atoms. The quantitative estimate of drug-likeness (QED) is 0.720. The van der Waals surface area contributed by atoms with Crippen molar-refractivity contribution in [1.29, 1.82) is 0 Å². The standard InChI is InChI=1S/C13H15N3O4/c1-14-13(20)15-11(17)7-16-9-5-3-2-4-8(9)6-10(16)12(18)19/h2-5,10H,6-7H2,1H3,(H,18,19)(H2,14,15,17,20). The van der Waals surface area contributed by atoms with Crippen LogP contribution in [0.5, 0.6) is 0 Å². The summed E-state index contributed by atoms with van der Waals surface area (Å²) in [5.41, 5.74) is 1.60. The Balaban J connectivity index is 2.17. The number of aliphatic carboxylic acids is 1. The van der Waals surface area contributed by atoms with Gasteiger partial charge in [0, 0.05) is 19.2 Å². The first-order valence-corrected chi connectivity index (χ1v) is 6.12. The molecule has 0 radical (unpaired) electrons. The molecule has 1 unspecified atom stereocenters. The summed E-state index contributed by atoms with van der Waals surface area (Å²) < 4.78 is 0. The Morgan fingerprint density at radius 3 is 2.70 bits per heavy atom. The molecule has 0 saturated carbocycles. The predicted octanol–water partition coefficient (Wildman–Crippen LogP) is -0.0421. The first-order valence-electron chi connectivity index (χ1n) is 6.12. The number of urea groups is 1. The molecule has 1 aromatic rings. The van der Waals surface area contributed by atoms with Crippen LogP contribution in [0.25, 0.3) is 0 Å². The fourth-order valence-electron chi connectivity index (χ4n) is 2.25. The van der Waals surface area contributed by atoms with E-state index in [4.69, 9.17) is 0 Å². The van der Waals surface area contributed by atoms with Crippen molar-refractivity contribution in [2.75, 3.05) is 18.5 Å². The van der Waals surface area contributed by atoms with Gasteiger partial charge in [-0.15, -0.1) is 0 Å². The van der Waals surface area contributed by atoms with Gasteiger partial charge in [0.2, 0.25) is 5.91 Å². The highest BCUT2D eigenvalue weighted by Crippen LogP contribution is 2.31. The van der Waals surface area contributed by atoms with Gasteiger partial charge >= 0.3 is 12.0 Å². The van der Waals surface area contributed by atoms with Crippen molar-refractivity contribution < 1.29 is 19.5 Å². The molecule has 1 aliphatic rings. The van der Waals surface area contributed by atoms with Crippen LogP contribution in [0.1, 0.15) is 5.56 Å². The number of amides is 3. The second-order valence-corrected chi connectivity index (χ2v) is 4.44. The number of para-hydroxylation sites is 1. The summed E-state index contributed by atoms with van der Waals surface area (Å²) in [5.74, 6) is -1.54. The number of benzene rings is 1. The first kappa shape index (κ1) is 13.9. The summed E-state index contributed by atoms with van der Waals surface area (Å²) in [6.45, 7) is -0.179. The lowest BCUT2D eigenvalue weighted by atomic mass is 10.1. The molecule has 3 N–H and O–H groups in total. The third-order valence-corrected chi connectivity index (χ3v) is 3.17. The first-order chi connectivity index (χ1) is 9.52. The van der Waals surface area contributed by atoms with Gasteiger partial charge in [-0.2, -0.15) is 0 Å². The second-order valence-electron chi connectivity index (χ2n) is 4.44. The number of nitrogens with one attached hydrogen (secondary N) is 2. The number of carbonyl (C=O) groups is 3. The van der Waals surface area contributed by atoms with Crippen LogP contribution in [0.2, 0.25) is 0 Å². The lowest BCUT2D eigenvalue weighted by Gasteiger charge is -2.23. The van der Waals surface area contributed by atoms with Gasteiger partial charge in [0.1, 0.15) is 6.04 Å². The Kier molecular flexibility index (Phi) is 3.88. The lowest BCUT2D eigenvalue weighted by Crippen LogP contribution is -2.47. The van der Waals surface area contributed by atoms with Gasteiger partial charge in [-0.1, -0.05) is 18.2 Å². The number of hydrogen-bond donors (Lipinski definition) is 3. The molecule has 0 spiro atoms. The van der Waals surface area contributed by atoms with Crippen molar-refractivity contribution in [3.05, 3.63) is 29.8 Å². The summed E-state index contributed by atoms with van der Waals surface area (Å²) >= 11 is 0. The molecule has 7 heteroatoms. The summed E-state index contributed by atoms with van der Waals surface area (Å²) in [6, 6.07) is 5.81. The summed E-state index contributed by atoms with van der Waals surface area (Å²) in [6.07, 6.45) is 0.346. The number of nitrogens with zero attached hydrogens (tertiary/aromatic N) is 1. The van der Waals surface area contributed by atoms with Crippen LogP contribution in [0.3, 0.4) is 0 Å². The number of carbonyl (C=O) groups excluding carboxylic acids is 2. The molecule has 3 amide bonds. The monoisotopic (exact) mass is 277 g/mol. The van der Waals surface area contributed by atoms with Gasteiger partial charge in [0.05, 0.1) is 6.54 Å². The highest BCUT2D eigenvalue weighted by molar-refractivity contribution is 5.97. The maximum Gasteiger partial charge on any atom is 0.326 e. The molecule has 1 aromatic carbocycles. The molecule has 7 nitrogen and oxygen atoms in total. The van der Waals surface area contributed by atoms with E-state index < -0.39 is 23.9 Å². The van der Waals surface area contributed by atoms with E-state index in [1.54, 1.807) is 12.1 Å². The molecular weight excluding hydrogens is 262 g/mol. The molecule has 0 saturated heterocycles. The summed E-state index contributed by atoms with van der Waals surface area (Å²) in [5, 5.41) is 13.6. The number of rotatable bonds is 3. The van der Waals surface area contributed by atoms with Crippen molar-refractivity contribution in [2.24, 2.45) is 0 Å². The van der Waals surface area contributed by atoms with Gasteiger partial charge in [0.15, 0.2) is 0 Å². The third-order valence-electron chi connectivity index (χ3n) is 3.17. The number of hydrogen-bond acceptors (Lipinski definition) is 4. The van der Waals surface area contributed by atoms with Crippen LogP contribution in [0, 0.1) is 0 Å². The maximum atomic E-state index is 11.7. The molecule has 1 atom stereocenters. The Bertz CT molecular complexity index is 558. The van der Waals surface area contributed by atoms with Crippen LogP contribution < -0.4 is 15.5 Å². The minimum absolute atomic E-state index is 0.179. The van der Waals surface area contributed by atoms with E-state index in [0.29, 0.717) is 12.1 Å². The summed E-state index contributed by atoms with van der Waals surface area (Å²) in [7, 11) is 1.40. The minimum Gasteiger partial charge on any atom is -0.480 e. The smallest absolute Gasteiger partial charge is 0.326 e. The zero-order chi connectivity index (χ0) is 14.7. The SMILES string of the molecule is CNC(=O)NC(=O)CN1c2ccccc2CC1C(=O)O. The van der Waals surface area contributed by atoms with E-state index in [-0.39, 0.29) is 6.54 Å². The molecule has 0 bridgehead atoms. The van der Waals surface area contributed by atoms with Gasteiger partial charge in [-0.3, -0.25) is 10.1 Å². The molecule has 2 rings (SSSR count). The van der Waals surface area contributed by atoms with E-state index in [0.717, 1.165) is 5.56 Å². The Hall–Kier alpha value is -2.57. The van der Waals surface area contributed by atoms with Gasteiger partial charge in [0.25, 0.3) is 0 Å². The average molecular weight is 277 g/mol. The van der Waals surface area contributed by atoms with E-state index in [1.807, 2.05) is 12.1 Å². The van der Waals surface area contributed by atoms with E-state index in [2.05, 4.69) is 10.6 Å². The number of anilines is 1. The third kappa shape index (κ3) is 2.71. The highest BCUT2D eigenvalue weighted by atomic mass is 16.4. The zero-order valence-corrected chi connectivity index (χ0v) is 10.9. The zero-order valence-electron chi connectivity index (χ0n) is 10.9. The fourth-order valence-corrected chi connectivity index (χ4v) is 2.25. The summed E-state index contributed by atoms with van der Waals surface area (Å²) in [4.78, 5) is 35.6. The van der Waals surface area contributed by atoms with Crippen LogP contribution >= 0.6 is 0 Å². The molecular formula is C13H15N3O4. The van der Waals surface area contributed by atoms with E-state index >= 15 is 0 Å². The second kappa shape index (κ2) is 5.60. The highest BCUT2D eigenvalue weighted by Gasteiger charge is 2.35. The number of carboxylic acid groups (broad SMARTS) is 1. The average Bonchev–Trinajstić information content (AvgIpc) is 2.78. The minimum atomic E-state index is -0.992. The molecule has 106 valence electrons. The predicted molar refractivity (Wildman–Crippen MR) is 71.5 cm³/mol. The topological polar surface area (TPSA) is 98.7 Å². The molecule has 0 aromatic heterocycles. The number of carboxylic acids is 1. The molecule has 1 aliphatic heterocycles. The van der Waals surface area contributed by atoms with Crippen LogP contribution in [0.4, 0.5) is 10.5 Å².